The van der Waals surface area contributed by atoms with Gasteiger partial charge in [-0.15, -0.1) is 22.7 Å². The van der Waals surface area contributed by atoms with Crippen molar-refractivity contribution in [1.29, 1.82) is 0 Å². The van der Waals surface area contributed by atoms with Crippen LogP contribution >= 0.6 is 22.7 Å². The Balaban J connectivity index is 1.54. The number of carbonyl (C=O) groups is 1. The van der Waals surface area contributed by atoms with Gasteiger partial charge in [-0.3, -0.25) is 14.9 Å². The molecule has 0 radical (unpaired) electrons. The molecule has 5 nitrogen and oxygen atoms in total. The number of carbonyl (C=O) groups excluding carboxylic acids is 1. The molecule has 1 unspecified atom stereocenters. The number of amides is 1. The lowest BCUT2D eigenvalue weighted by Gasteiger charge is -2.15. The van der Waals surface area contributed by atoms with Gasteiger partial charge >= 0.3 is 0 Å². The lowest BCUT2D eigenvalue weighted by Crippen LogP contribution is -2.23. The molecular weight excluding hydrogens is 354 g/mol. The van der Waals surface area contributed by atoms with E-state index in [4.69, 9.17) is 0 Å². The molecule has 0 fully saturated rings. The topological polar surface area (TPSA) is 74.8 Å². The van der Waals surface area contributed by atoms with Crippen molar-refractivity contribution in [1.82, 2.24) is 9.97 Å². The maximum absolute atomic E-state index is 12.4. The highest BCUT2D eigenvalue weighted by Gasteiger charge is 2.21. The minimum atomic E-state index is -0.418. The van der Waals surface area contributed by atoms with Crippen molar-refractivity contribution in [3.05, 3.63) is 56.1 Å². The van der Waals surface area contributed by atoms with Crippen LogP contribution in [0.3, 0.4) is 0 Å². The summed E-state index contributed by atoms with van der Waals surface area (Å²) >= 11 is 3.05. The van der Waals surface area contributed by atoms with Gasteiger partial charge in [-0.1, -0.05) is 13.0 Å². The summed E-state index contributed by atoms with van der Waals surface area (Å²) in [4.78, 5) is 34.2. The van der Waals surface area contributed by atoms with E-state index in [1.807, 2.05) is 17.5 Å². The Kier molecular flexibility index (Phi) is 4.27. The number of hydrogen-bond acceptors (Lipinski definition) is 5. The summed E-state index contributed by atoms with van der Waals surface area (Å²) in [5.74, 6) is 0.238. The number of H-pyrrole nitrogens is 1. The zero-order valence-electron chi connectivity index (χ0n) is 13.7. The molecule has 0 saturated heterocycles. The molecule has 1 aliphatic rings. The third-order valence-corrected chi connectivity index (χ3v) is 6.29. The molecule has 3 aromatic rings. The monoisotopic (exact) mass is 371 g/mol. The number of aryl methyl sites for hydroxylation is 1. The summed E-state index contributed by atoms with van der Waals surface area (Å²) in [6, 6.07) is 7.18. The molecule has 2 N–H and O–H groups in total. The lowest BCUT2D eigenvalue weighted by atomic mass is 9.93. The molecule has 128 valence electrons. The van der Waals surface area contributed by atoms with Crippen LogP contribution in [0.15, 0.2) is 34.4 Å². The second kappa shape index (κ2) is 6.57. The summed E-state index contributed by atoms with van der Waals surface area (Å²) in [6.45, 7) is 2.23. The molecule has 0 aromatic carbocycles. The van der Waals surface area contributed by atoms with Gasteiger partial charge in [0.25, 0.3) is 11.5 Å². The second-order valence-electron chi connectivity index (χ2n) is 6.28. The van der Waals surface area contributed by atoms with Gasteiger partial charge in [-0.25, -0.2) is 4.98 Å². The number of pyridine rings is 1. The smallest absolute Gasteiger partial charge is 0.263 e. The summed E-state index contributed by atoms with van der Waals surface area (Å²) in [6.07, 6.45) is 3.10. The number of thiophene rings is 1. The summed E-state index contributed by atoms with van der Waals surface area (Å²) in [5.41, 5.74) is 1.51. The van der Waals surface area contributed by atoms with Crippen LogP contribution in [-0.2, 0) is 12.8 Å². The van der Waals surface area contributed by atoms with Crippen LogP contribution in [-0.4, -0.2) is 15.9 Å². The SMILES string of the molecule is CC1CCc2nc(NC(=O)c3ccc(-c4cccs4)[nH]c3=O)sc2C1. The van der Waals surface area contributed by atoms with Crippen molar-refractivity contribution in [2.45, 2.75) is 26.2 Å². The van der Waals surface area contributed by atoms with E-state index >= 15 is 0 Å². The summed E-state index contributed by atoms with van der Waals surface area (Å²) in [7, 11) is 0. The number of anilines is 1. The van der Waals surface area contributed by atoms with Gasteiger partial charge in [0.2, 0.25) is 0 Å². The van der Waals surface area contributed by atoms with Gasteiger partial charge in [-0.05, 0) is 48.8 Å². The van der Waals surface area contributed by atoms with Gasteiger partial charge in [0.1, 0.15) is 5.56 Å². The van der Waals surface area contributed by atoms with Gasteiger partial charge in [-0.2, -0.15) is 0 Å². The molecule has 3 heterocycles. The first-order valence-electron chi connectivity index (χ1n) is 8.17. The highest BCUT2D eigenvalue weighted by Crippen LogP contribution is 2.32. The van der Waals surface area contributed by atoms with Crippen LogP contribution in [0.25, 0.3) is 10.6 Å². The zero-order valence-corrected chi connectivity index (χ0v) is 15.3. The van der Waals surface area contributed by atoms with E-state index in [0.29, 0.717) is 11.0 Å². The minimum Gasteiger partial charge on any atom is -0.321 e. The van der Waals surface area contributed by atoms with Crippen LogP contribution in [0.4, 0.5) is 5.13 Å². The molecule has 7 heteroatoms. The number of thiazole rings is 1. The van der Waals surface area contributed by atoms with Crippen LogP contribution in [0.2, 0.25) is 0 Å². The molecule has 0 bridgehead atoms. The van der Waals surface area contributed by atoms with Crippen molar-refractivity contribution in [3.8, 4) is 10.6 Å². The fourth-order valence-electron chi connectivity index (χ4n) is 2.99. The number of aromatic nitrogens is 2. The largest absolute Gasteiger partial charge is 0.321 e. The Morgan fingerprint density at radius 1 is 1.36 bits per heavy atom. The second-order valence-corrected chi connectivity index (χ2v) is 8.31. The Morgan fingerprint density at radius 2 is 2.24 bits per heavy atom. The number of nitrogens with one attached hydrogen (secondary N) is 2. The summed E-state index contributed by atoms with van der Waals surface area (Å²) < 4.78 is 0. The average molecular weight is 371 g/mol. The van der Waals surface area contributed by atoms with E-state index in [1.165, 1.54) is 27.6 Å². The van der Waals surface area contributed by atoms with E-state index < -0.39 is 11.5 Å². The molecule has 0 spiro atoms. The number of rotatable bonds is 3. The van der Waals surface area contributed by atoms with Crippen LogP contribution in [0.1, 0.15) is 34.3 Å². The number of aromatic amines is 1. The highest BCUT2D eigenvalue weighted by atomic mass is 32.1. The van der Waals surface area contributed by atoms with E-state index in [0.717, 1.165) is 35.5 Å². The minimum absolute atomic E-state index is 0.0989. The van der Waals surface area contributed by atoms with Crippen LogP contribution in [0, 0.1) is 5.92 Å². The van der Waals surface area contributed by atoms with Crippen LogP contribution < -0.4 is 10.9 Å². The fourth-order valence-corrected chi connectivity index (χ4v) is 4.86. The highest BCUT2D eigenvalue weighted by molar-refractivity contribution is 7.16. The Bertz CT molecular complexity index is 973. The Morgan fingerprint density at radius 3 is 3.00 bits per heavy atom. The lowest BCUT2D eigenvalue weighted by molar-refractivity contribution is 0.102. The van der Waals surface area contributed by atoms with E-state index in [9.17, 15) is 9.59 Å². The first-order chi connectivity index (χ1) is 12.1. The van der Waals surface area contributed by atoms with Gasteiger partial charge in [0, 0.05) is 4.88 Å². The third-order valence-electron chi connectivity index (χ3n) is 4.35. The molecular formula is C18H17N3O2S2. The normalized spacial score (nSPS) is 16.4. The van der Waals surface area contributed by atoms with Crippen molar-refractivity contribution in [2.24, 2.45) is 5.92 Å². The van der Waals surface area contributed by atoms with Crippen molar-refractivity contribution in [2.75, 3.05) is 5.32 Å². The van der Waals surface area contributed by atoms with Gasteiger partial charge in [0.05, 0.1) is 16.3 Å². The molecule has 4 rings (SSSR count). The molecule has 1 aliphatic carbocycles. The van der Waals surface area contributed by atoms with E-state index in [2.05, 4.69) is 22.2 Å². The quantitative estimate of drug-likeness (QED) is 0.732. The molecule has 25 heavy (non-hydrogen) atoms. The fraction of sp³-hybridized carbons (Fsp3) is 0.278. The predicted molar refractivity (Wildman–Crippen MR) is 102 cm³/mol. The first-order valence-corrected chi connectivity index (χ1v) is 9.87. The number of fused-ring (bicyclic) bond motifs is 1. The molecule has 0 aliphatic heterocycles. The summed E-state index contributed by atoms with van der Waals surface area (Å²) in [5, 5.41) is 5.30. The van der Waals surface area contributed by atoms with E-state index in [1.54, 1.807) is 12.1 Å². The predicted octanol–water partition coefficient (Wildman–Crippen LogP) is 3.94. The van der Waals surface area contributed by atoms with Gasteiger partial charge in [0.15, 0.2) is 5.13 Å². The zero-order chi connectivity index (χ0) is 17.4. The van der Waals surface area contributed by atoms with Gasteiger partial charge < -0.3 is 4.98 Å². The number of nitrogens with zero attached hydrogens (tertiary/aromatic N) is 1. The van der Waals surface area contributed by atoms with Crippen molar-refractivity contribution in [3.63, 3.8) is 0 Å². The molecule has 3 aromatic heterocycles. The molecule has 1 amide bonds. The number of hydrogen-bond donors (Lipinski definition) is 2. The molecule has 1 atom stereocenters. The Labute approximate surface area is 152 Å². The maximum Gasteiger partial charge on any atom is 0.263 e. The van der Waals surface area contributed by atoms with E-state index in [-0.39, 0.29) is 5.56 Å². The molecule has 0 saturated carbocycles. The third kappa shape index (κ3) is 3.29. The standard InChI is InChI=1S/C18H17N3O2S2/c1-10-4-6-13-15(9-10)25-18(20-13)21-17(23)11-5-7-12(19-16(11)22)14-3-2-8-24-14/h2-3,5,7-8,10H,4,6,9H2,1H3,(H,19,22)(H,20,21,23). The first kappa shape index (κ1) is 16.2. The maximum atomic E-state index is 12.4. The van der Waals surface area contributed by atoms with Crippen LogP contribution in [0.5, 0.6) is 0 Å². The Hall–Kier alpha value is -2.25. The van der Waals surface area contributed by atoms with Crippen molar-refractivity contribution >= 4 is 33.7 Å². The average Bonchev–Trinajstić information content (AvgIpc) is 3.23. The van der Waals surface area contributed by atoms with Crippen molar-refractivity contribution < 1.29 is 4.79 Å².